The molecular weight excluding hydrogens is 274 g/mol. The van der Waals surface area contributed by atoms with E-state index in [2.05, 4.69) is 15.0 Å². The van der Waals surface area contributed by atoms with Crippen molar-refractivity contribution in [2.75, 3.05) is 6.26 Å². The summed E-state index contributed by atoms with van der Waals surface area (Å²) in [4.78, 5) is 22.9. The zero-order valence-electron chi connectivity index (χ0n) is 11.4. The minimum absolute atomic E-state index is 0.196. The Morgan fingerprint density at radius 3 is 2.65 bits per heavy atom. The van der Waals surface area contributed by atoms with E-state index in [4.69, 9.17) is 0 Å². The van der Waals surface area contributed by atoms with E-state index in [1.165, 1.54) is 25.3 Å². The second kappa shape index (κ2) is 5.44. The first-order valence-corrected chi connectivity index (χ1v) is 8.45. The molecule has 6 heteroatoms. The van der Waals surface area contributed by atoms with Crippen LogP contribution in [0.5, 0.6) is 0 Å². The van der Waals surface area contributed by atoms with Gasteiger partial charge in [0, 0.05) is 23.6 Å². The average molecular weight is 291 g/mol. The molecule has 1 fully saturated rings. The minimum atomic E-state index is -1.25. The molecule has 3 rings (SSSR count). The summed E-state index contributed by atoms with van der Waals surface area (Å²) in [5.74, 6) is 0.377. The van der Waals surface area contributed by atoms with Gasteiger partial charge in [-0.25, -0.2) is 9.97 Å². The van der Waals surface area contributed by atoms with Gasteiger partial charge in [0.15, 0.2) is 0 Å². The molecule has 0 aliphatic heterocycles. The lowest BCUT2D eigenvalue weighted by Gasteiger charge is -2.22. The Bertz CT molecular complexity index is 720. The number of rotatable bonds is 2. The van der Waals surface area contributed by atoms with Crippen molar-refractivity contribution < 1.29 is 4.21 Å². The number of aromatic nitrogens is 3. The van der Waals surface area contributed by atoms with Gasteiger partial charge in [0.1, 0.15) is 5.65 Å². The fourth-order valence-electron chi connectivity index (χ4n) is 2.86. The molecule has 0 aromatic carbocycles. The summed E-state index contributed by atoms with van der Waals surface area (Å²) < 4.78 is 11.7. The lowest BCUT2D eigenvalue weighted by molar-refractivity contribution is 0.436. The van der Waals surface area contributed by atoms with Gasteiger partial charge in [-0.15, -0.1) is 0 Å². The highest BCUT2D eigenvalue weighted by Gasteiger charge is 2.21. The third-order valence-electron chi connectivity index (χ3n) is 3.85. The summed E-state index contributed by atoms with van der Waals surface area (Å²) in [6.07, 6.45) is 7.42. The molecule has 0 saturated heterocycles. The van der Waals surface area contributed by atoms with Crippen molar-refractivity contribution in [3.05, 3.63) is 28.2 Å². The highest BCUT2D eigenvalue weighted by molar-refractivity contribution is 7.84. The highest BCUT2D eigenvalue weighted by Crippen LogP contribution is 2.34. The summed E-state index contributed by atoms with van der Waals surface area (Å²) in [7, 11) is -1.25. The lowest BCUT2D eigenvalue weighted by Crippen LogP contribution is -2.13. The number of nitrogens with one attached hydrogen (secondary N) is 1. The zero-order valence-corrected chi connectivity index (χ0v) is 12.2. The quantitative estimate of drug-likeness (QED) is 0.860. The molecule has 0 bridgehead atoms. The molecule has 2 aromatic heterocycles. The normalized spacial score (nSPS) is 18.2. The fraction of sp³-hybridized carbons (Fsp3) is 0.500. The van der Waals surface area contributed by atoms with Crippen LogP contribution in [0.3, 0.4) is 0 Å². The number of pyridine rings is 1. The van der Waals surface area contributed by atoms with E-state index in [1.54, 1.807) is 12.3 Å². The highest BCUT2D eigenvalue weighted by atomic mass is 32.2. The minimum Gasteiger partial charge on any atom is -0.306 e. The molecule has 2 heterocycles. The first-order valence-electron chi connectivity index (χ1n) is 6.89. The van der Waals surface area contributed by atoms with Crippen LogP contribution in [0.2, 0.25) is 0 Å². The topological polar surface area (TPSA) is 75.7 Å². The molecule has 0 spiro atoms. The van der Waals surface area contributed by atoms with Crippen molar-refractivity contribution in [2.45, 2.75) is 43.2 Å². The van der Waals surface area contributed by atoms with Crippen LogP contribution in [0.4, 0.5) is 0 Å². The van der Waals surface area contributed by atoms with E-state index in [9.17, 15) is 9.00 Å². The van der Waals surface area contributed by atoms with Gasteiger partial charge in [0.2, 0.25) is 10.7 Å². The summed E-state index contributed by atoms with van der Waals surface area (Å²) in [6.45, 7) is 0. The first kappa shape index (κ1) is 13.4. The van der Waals surface area contributed by atoms with Gasteiger partial charge in [0.05, 0.1) is 16.5 Å². The summed E-state index contributed by atoms with van der Waals surface area (Å²) in [5.41, 5.74) is 1.24. The maximum Gasteiger partial charge on any atom is 0.249 e. The van der Waals surface area contributed by atoms with Gasteiger partial charge in [-0.1, -0.05) is 19.3 Å². The Morgan fingerprint density at radius 1 is 1.20 bits per heavy atom. The maximum atomic E-state index is 11.7. The zero-order chi connectivity index (χ0) is 14.1. The second-order valence-electron chi connectivity index (χ2n) is 5.27. The van der Waals surface area contributed by atoms with Crippen LogP contribution in [0, 0.1) is 0 Å². The van der Waals surface area contributed by atoms with Gasteiger partial charge in [0.25, 0.3) is 0 Å². The van der Waals surface area contributed by atoms with Crippen molar-refractivity contribution in [1.29, 1.82) is 0 Å². The predicted octanol–water partition coefficient (Wildman–Crippen LogP) is 2.10. The number of aromatic amines is 1. The van der Waals surface area contributed by atoms with Crippen LogP contribution < -0.4 is 5.56 Å². The smallest absolute Gasteiger partial charge is 0.249 e. The average Bonchev–Trinajstić information content (AvgIpc) is 2.46. The summed E-state index contributed by atoms with van der Waals surface area (Å²) in [6, 6.07) is 3.28. The molecule has 1 aliphatic carbocycles. The van der Waals surface area contributed by atoms with E-state index in [0.29, 0.717) is 16.7 Å². The van der Waals surface area contributed by atoms with Crippen LogP contribution in [-0.2, 0) is 10.8 Å². The first-order chi connectivity index (χ1) is 9.65. The van der Waals surface area contributed by atoms with E-state index >= 15 is 0 Å². The van der Waals surface area contributed by atoms with Gasteiger partial charge in [-0.2, -0.15) is 0 Å². The number of nitrogens with zero attached hydrogens (tertiary/aromatic N) is 2. The third-order valence-corrected chi connectivity index (χ3v) is 4.54. The predicted molar refractivity (Wildman–Crippen MR) is 78.3 cm³/mol. The summed E-state index contributed by atoms with van der Waals surface area (Å²) in [5, 5.41) is 1.19. The SMILES string of the molecule is CS(=O)c1nc(C2CCCCC2)c2ccc(=O)[nH]c2n1. The van der Waals surface area contributed by atoms with Crippen molar-refractivity contribution in [1.82, 2.24) is 15.0 Å². The standard InChI is InChI=1S/C14H17N3O2S/c1-20(19)14-16-12(9-5-3-2-4-6-9)10-7-8-11(18)15-13(10)17-14/h7-9H,2-6H2,1H3,(H,15,16,17,18). The largest absolute Gasteiger partial charge is 0.306 e. The Balaban J connectivity index is 2.21. The van der Waals surface area contributed by atoms with E-state index in [1.807, 2.05) is 0 Å². The second-order valence-corrected chi connectivity index (χ2v) is 6.54. The lowest BCUT2D eigenvalue weighted by atomic mass is 9.86. The van der Waals surface area contributed by atoms with Crippen molar-refractivity contribution in [2.24, 2.45) is 0 Å². The molecule has 0 amide bonds. The molecule has 0 radical (unpaired) electrons. The molecule has 1 N–H and O–H groups in total. The fourth-order valence-corrected chi connectivity index (χ4v) is 3.30. The van der Waals surface area contributed by atoms with E-state index < -0.39 is 10.8 Å². The van der Waals surface area contributed by atoms with Crippen molar-refractivity contribution >= 4 is 21.8 Å². The molecule has 1 unspecified atom stereocenters. The summed E-state index contributed by atoms with van der Waals surface area (Å²) >= 11 is 0. The number of hydrogen-bond acceptors (Lipinski definition) is 4. The van der Waals surface area contributed by atoms with Gasteiger partial charge in [-0.3, -0.25) is 9.00 Å². The Kier molecular flexibility index (Phi) is 3.65. The molecule has 20 heavy (non-hydrogen) atoms. The molecule has 1 atom stereocenters. The van der Waals surface area contributed by atoms with Crippen LogP contribution in [0.1, 0.15) is 43.7 Å². The molecule has 106 valence electrons. The Labute approximate surface area is 119 Å². The monoisotopic (exact) mass is 291 g/mol. The van der Waals surface area contributed by atoms with Crippen LogP contribution in [0.15, 0.2) is 22.1 Å². The van der Waals surface area contributed by atoms with Crippen LogP contribution >= 0.6 is 0 Å². The third kappa shape index (κ3) is 2.52. The van der Waals surface area contributed by atoms with Crippen LogP contribution in [-0.4, -0.2) is 25.4 Å². The number of H-pyrrole nitrogens is 1. The van der Waals surface area contributed by atoms with Gasteiger partial charge in [-0.05, 0) is 18.9 Å². The van der Waals surface area contributed by atoms with E-state index in [0.717, 1.165) is 23.9 Å². The molecule has 1 saturated carbocycles. The molecular formula is C14H17N3O2S. The number of fused-ring (bicyclic) bond motifs is 1. The molecule has 2 aromatic rings. The Hall–Kier alpha value is -1.56. The van der Waals surface area contributed by atoms with Gasteiger partial charge < -0.3 is 4.98 Å². The molecule has 5 nitrogen and oxygen atoms in total. The maximum absolute atomic E-state index is 11.7. The van der Waals surface area contributed by atoms with Crippen LogP contribution in [0.25, 0.3) is 11.0 Å². The van der Waals surface area contributed by atoms with Crippen molar-refractivity contribution in [3.8, 4) is 0 Å². The van der Waals surface area contributed by atoms with E-state index in [-0.39, 0.29) is 5.56 Å². The van der Waals surface area contributed by atoms with Crippen molar-refractivity contribution in [3.63, 3.8) is 0 Å². The number of hydrogen-bond donors (Lipinski definition) is 1. The molecule has 1 aliphatic rings. The Morgan fingerprint density at radius 2 is 1.95 bits per heavy atom. The van der Waals surface area contributed by atoms with Gasteiger partial charge >= 0.3 is 0 Å².